The molecule has 0 unspecified atom stereocenters. The van der Waals surface area contributed by atoms with E-state index < -0.39 is 24.4 Å². The largest absolute Gasteiger partial charge is 0.481 e. The van der Waals surface area contributed by atoms with Gasteiger partial charge in [-0.25, -0.2) is 8.78 Å². The number of hydrogen-bond acceptors (Lipinski definition) is 3. The normalized spacial score (nSPS) is 12.5. The first kappa shape index (κ1) is 14.2. The summed E-state index contributed by atoms with van der Waals surface area (Å²) in [4.78, 5) is 12.0. The Labute approximate surface area is 87.5 Å². The predicted octanol–water partition coefficient (Wildman–Crippen LogP) is 0.657. The molecule has 4 nitrogen and oxygen atoms in total. The standard InChI is InChI=1S/C9H17F2NO3/c1-9(2,8(14)15)6-12(3-4-13)5-7(10)11/h7,13H,3-6H2,1-2H3,(H,14,15). The van der Waals surface area contributed by atoms with Crippen LogP contribution in [-0.2, 0) is 4.79 Å². The van der Waals surface area contributed by atoms with E-state index in [9.17, 15) is 13.6 Å². The molecule has 0 aliphatic heterocycles. The van der Waals surface area contributed by atoms with Gasteiger partial charge in [0.05, 0.1) is 18.6 Å². The Morgan fingerprint density at radius 2 is 2.00 bits per heavy atom. The van der Waals surface area contributed by atoms with Crippen molar-refractivity contribution in [2.75, 3.05) is 26.2 Å². The van der Waals surface area contributed by atoms with Gasteiger partial charge in [0.2, 0.25) is 0 Å². The van der Waals surface area contributed by atoms with E-state index in [-0.39, 0.29) is 19.7 Å². The number of alkyl halides is 2. The lowest BCUT2D eigenvalue weighted by atomic mass is 9.93. The molecule has 0 saturated carbocycles. The minimum absolute atomic E-state index is 0.00671. The maximum Gasteiger partial charge on any atom is 0.310 e. The molecule has 15 heavy (non-hydrogen) atoms. The summed E-state index contributed by atoms with van der Waals surface area (Å²) in [5.41, 5.74) is -1.09. The predicted molar refractivity (Wildman–Crippen MR) is 50.9 cm³/mol. The number of aliphatic carboxylic acids is 1. The maximum atomic E-state index is 12.1. The first-order valence-electron chi connectivity index (χ1n) is 4.64. The quantitative estimate of drug-likeness (QED) is 0.668. The van der Waals surface area contributed by atoms with Gasteiger partial charge in [0.15, 0.2) is 0 Å². The van der Waals surface area contributed by atoms with Gasteiger partial charge in [0.1, 0.15) is 0 Å². The first-order valence-corrected chi connectivity index (χ1v) is 4.64. The van der Waals surface area contributed by atoms with Crippen LogP contribution < -0.4 is 0 Å². The maximum absolute atomic E-state index is 12.1. The Kier molecular flexibility index (Phi) is 5.67. The highest BCUT2D eigenvalue weighted by molar-refractivity contribution is 5.73. The SMILES string of the molecule is CC(C)(CN(CCO)CC(F)F)C(=O)O. The molecule has 2 N–H and O–H groups in total. The van der Waals surface area contributed by atoms with Crippen molar-refractivity contribution in [1.29, 1.82) is 0 Å². The lowest BCUT2D eigenvalue weighted by Crippen LogP contribution is -2.42. The van der Waals surface area contributed by atoms with Gasteiger partial charge < -0.3 is 10.2 Å². The van der Waals surface area contributed by atoms with E-state index >= 15 is 0 Å². The zero-order valence-electron chi connectivity index (χ0n) is 8.91. The number of carboxylic acid groups (broad SMARTS) is 1. The second-order valence-corrected chi connectivity index (χ2v) is 4.04. The van der Waals surface area contributed by atoms with Crippen LogP contribution in [0.2, 0.25) is 0 Å². The Bertz CT molecular complexity index is 210. The monoisotopic (exact) mass is 225 g/mol. The summed E-state index contributed by atoms with van der Waals surface area (Å²) in [5.74, 6) is -1.04. The summed E-state index contributed by atoms with van der Waals surface area (Å²) in [5, 5.41) is 17.5. The van der Waals surface area contributed by atoms with E-state index in [1.54, 1.807) is 0 Å². The summed E-state index contributed by atoms with van der Waals surface area (Å²) in [6.07, 6.45) is -2.53. The van der Waals surface area contributed by atoms with Crippen molar-refractivity contribution in [3.05, 3.63) is 0 Å². The average molecular weight is 225 g/mol. The molecule has 0 amide bonds. The van der Waals surface area contributed by atoms with Crippen LogP contribution in [0, 0.1) is 5.41 Å². The molecule has 0 aromatic carbocycles. The molecule has 0 rings (SSSR count). The fraction of sp³-hybridized carbons (Fsp3) is 0.889. The minimum atomic E-state index is -2.53. The first-order chi connectivity index (χ1) is 6.79. The van der Waals surface area contributed by atoms with Gasteiger partial charge in [0.25, 0.3) is 6.43 Å². The van der Waals surface area contributed by atoms with E-state index in [0.29, 0.717) is 0 Å². The van der Waals surface area contributed by atoms with Gasteiger partial charge in [-0.15, -0.1) is 0 Å². The van der Waals surface area contributed by atoms with Crippen LogP contribution in [0.1, 0.15) is 13.8 Å². The molecule has 6 heteroatoms. The third kappa shape index (κ3) is 5.64. The molecule has 0 aliphatic rings. The Morgan fingerprint density at radius 3 is 2.33 bits per heavy atom. The molecule has 0 bridgehead atoms. The lowest BCUT2D eigenvalue weighted by molar-refractivity contribution is -0.148. The number of carbonyl (C=O) groups is 1. The molecule has 0 atom stereocenters. The zero-order valence-corrected chi connectivity index (χ0v) is 8.91. The Balaban J connectivity index is 4.32. The number of carboxylic acids is 1. The molecule has 0 aliphatic carbocycles. The molecule has 0 spiro atoms. The van der Waals surface area contributed by atoms with Crippen LogP contribution in [0.5, 0.6) is 0 Å². The summed E-state index contributed by atoms with van der Waals surface area (Å²) < 4.78 is 24.2. The minimum Gasteiger partial charge on any atom is -0.481 e. The molecule has 90 valence electrons. The van der Waals surface area contributed by atoms with Gasteiger partial charge in [-0.1, -0.05) is 0 Å². The highest BCUT2D eigenvalue weighted by Crippen LogP contribution is 2.17. The van der Waals surface area contributed by atoms with Gasteiger partial charge in [-0.2, -0.15) is 0 Å². The highest BCUT2D eigenvalue weighted by Gasteiger charge is 2.30. The van der Waals surface area contributed by atoms with Gasteiger partial charge in [0, 0.05) is 13.1 Å². The lowest BCUT2D eigenvalue weighted by Gasteiger charge is -2.28. The summed E-state index contributed by atoms with van der Waals surface area (Å²) in [7, 11) is 0. The third-order valence-corrected chi connectivity index (χ3v) is 2.01. The number of aliphatic hydroxyl groups is 1. The topological polar surface area (TPSA) is 60.8 Å². The van der Waals surface area contributed by atoms with Crippen molar-refractivity contribution in [2.45, 2.75) is 20.3 Å². The molecule has 0 fully saturated rings. The molecular weight excluding hydrogens is 208 g/mol. The van der Waals surface area contributed by atoms with Crippen molar-refractivity contribution in [3.63, 3.8) is 0 Å². The second-order valence-electron chi connectivity index (χ2n) is 4.04. The van der Waals surface area contributed by atoms with Crippen molar-refractivity contribution >= 4 is 5.97 Å². The number of halogens is 2. The molecule has 0 aromatic rings. The van der Waals surface area contributed by atoms with Crippen LogP contribution >= 0.6 is 0 Å². The number of nitrogens with zero attached hydrogens (tertiary/aromatic N) is 1. The highest BCUT2D eigenvalue weighted by atomic mass is 19.3. The smallest absolute Gasteiger partial charge is 0.310 e. The fourth-order valence-corrected chi connectivity index (χ4v) is 1.20. The van der Waals surface area contributed by atoms with Crippen molar-refractivity contribution in [2.24, 2.45) is 5.41 Å². The van der Waals surface area contributed by atoms with Crippen molar-refractivity contribution < 1.29 is 23.8 Å². The van der Waals surface area contributed by atoms with Crippen LogP contribution in [-0.4, -0.2) is 53.7 Å². The van der Waals surface area contributed by atoms with E-state index in [1.165, 1.54) is 18.7 Å². The van der Waals surface area contributed by atoms with E-state index in [1.807, 2.05) is 0 Å². The van der Waals surface area contributed by atoms with Crippen LogP contribution in [0.3, 0.4) is 0 Å². The Morgan fingerprint density at radius 1 is 1.47 bits per heavy atom. The number of aliphatic hydroxyl groups excluding tert-OH is 1. The van der Waals surface area contributed by atoms with Gasteiger partial charge in [-0.3, -0.25) is 9.69 Å². The molecule has 0 radical (unpaired) electrons. The van der Waals surface area contributed by atoms with Crippen LogP contribution in [0.25, 0.3) is 0 Å². The fourth-order valence-electron chi connectivity index (χ4n) is 1.20. The van der Waals surface area contributed by atoms with E-state index in [4.69, 9.17) is 10.2 Å². The van der Waals surface area contributed by atoms with Crippen molar-refractivity contribution in [3.8, 4) is 0 Å². The van der Waals surface area contributed by atoms with Crippen LogP contribution in [0.4, 0.5) is 8.78 Å². The average Bonchev–Trinajstić information content (AvgIpc) is 2.01. The van der Waals surface area contributed by atoms with Crippen molar-refractivity contribution in [1.82, 2.24) is 4.90 Å². The van der Waals surface area contributed by atoms with Gasteiger partial charge >= 0.3 is 5.97 Å². The molecular formula is C9H17F2NO3. The summed E-state index contributed by atoms with van der Waals surface area (Å²) in [6, 6.07) is 0. The van der Waals surface area contributed by atoms with Gasteiger partial charge in [-0.05, 0) is 13.8 Å². The number of hydrogen-bond donors (Lipinski definition) is 2. The molecule has 0 heterocycles. The van der Waals surface area contributed by atoms with E-state index in [2.05, 4.69) is 0 Å². The third-order valence-electron chi connectivity index (χ3n) is 2.01. The van der Waals surface area contributed by atoms with Crippen LogP contribution in [0.15, 0.2) is 0 Å². The molecule has 0 saturated heterocycles. The second kappa shape index (κ2) is 5.97. The summed E-state index contributed by atoms with van der Waals surface area (Å²) >= 11 is 0. The van der Waals surface area contributed by atoms with E-state index in [0.717, 1.165) is 0 Å². The zero-order chi connectivity index (χ0) is 12.1. The molecule has 0 aromatic heterocycles. The Hall–Kier alpha value is -0.750. The number of rotatable bonds is 7. The summed E-state index contributed by atoms with van der Waals surface area (Å²) in [6.45, 7) is 2.20.